The van der Waals surface area contributed by atoms with E-state index in [2.05, 4.69) is 0 Å². The van der Waals surface area contributed by atoms with E-state index in [0.717, 1.165) is 6.08 Å². The molecule has 0 amide bonds. The van der Waals surface area contributed by atoms with Crippen molar-refractivity contribution in [1.29, 1.82) is 0 Å². The van der Waals surface area contributed by atoms with Crippen molar-refractivity contribution in [2.75, 3.05) is 19.8 Å². The Bertz CT molecular complexity index is 519. The van der Waals surface area contributed by atoms with Gasteiger partial charge in [0, 0.05) is 11.6 Å². The fraction of sp³-hybridized carbons (Fsp3) is 0.375. The number of ketones is 1. The molecule has 21 heavy (non-hydrogen) atoms. The Morgan fingerprint density at radius 3 is 2.24 bits per heavy atom. The molecule has 1 aromatic rings. The van der Waals surface area contributed by atoms with Crippen LogP contribution in [0.3, 0.4) is 0 Å². The van der Waals surface area contributed by atoms with Gasteiger partial charge in [0.05, 0.1) is 19.8 Å². The van der Waals surface area contributed by atoms with Crippen molar-refractivity contribution in [3.8, 4) is 11.5 Å². The van der Waals surface area contributed by atoms with E-state index in [1.54, 1.807) is 25.1 Å². The Morgan fingerprint density at radius 2 is 1.62 bits per heavy atom. The fourth-order valence-electron chi connectivity index (χ4n) is 1.63. The van der Waals surface area contributed by atoms with E-state index in [1.807, 2.05) is 13.8 Å². The molecule has 0 N–H and O–H groups in total. The van der Waals surface area contributed by atoms with E-state index < -0.39 is 5.97 Å². The third-order valence-corrected chi connectivity index (χ3v) is 2.49. The van der Waals surface area contributed by atoms with Gasteiger partial charge >= 0.3 is 5.97 Å². The lowest BCUT2D eigenvalue weighted by atomic mass is 10.1. The number of carbonyl (C=O) groups excluding carboxylic acids is 2. The lowest BCUT2D eigenvalue weighted by molar-refractivity contribution is -0.137. The van der Waals surface area contributed by atoms with Crippen molar-refractivity contribution in [2.24, 2.45) is 0 Å². The molecule has 0 aliphatic heterocycles. The lowest BCUT2D eigenvalue weighted by Gasteiger charge is -2.11. The van der Waals surface area contributed by atoms with Crippen molar-refractivity contribution in [3.63, 3.8) is 0 Å². The summed E-state index contributed by atoms with van der Waals surface area (Å²) in [6.45, 7) is 6.68. The molecule has 0 bridgehead atoms. The number of allylic oxidation sites excluding steroid dienone is 1. The van der Waals surface area contributed by atoms with Gasteiger partial charge in [-0.1, -0.05) is 0 Å². The minimum Gasteiger partial charge on any atom is -0.490 e. The second kappa shape index (κ2) is 8.79. The summed E-state index contributed by atoms with van der Waals surface area (Å²) in [7, 11) is 0. The van der Waals surface area contributed by atoms with Crippen LogP contribution in [0.15, 0.2) is 30.4 Å². The molecule has 0 unspecified atom stereocenters. The first-order valence-corrected chi connectivity index (χ1v) is 6.91. The van der Waals surface area contributed by atoms with Crippen LogP contribution in [0.1, 0.15) is 31.1 Å². The van der Waals surface area contributed by atoms with Crippen molar-refractivity contribution in [2.45, 2.75) is 20.8 Å². The number of esters is 1. The second-order valence-electron chi connectivity index (χ2n) is 3.98. The first kappa shape index (κ1) is 16.8. The van der Waals surface area contributed by atoms with Crippen LogP contribution in [-0.4, -0.2) is 31.6 Å². The molecule has 0 fully saturated rings. The van der Waals surface area contributed by atoms with Gasteiger partial charge in [0.1, 0.15) is 0 Å². The molecule has 1 rings (SSSR count). The molecule has 0 spiro atoms. The van der Waals surface area contributed by atoms with Gasteiger partial charge in [0.25, 0.3) is 0 Å². The maximum absolute atomic E-state index is 12.0. The molecule has 0 heterocycles. The number of hydrogen-bond acceptors (Lipinski definition) is 5. The summed E-state index contributed by atoms with van der Waals surface area (Å²) in [6, 6.07) is 4.91. The predicted molar refractivity (Wildman–Crippen MR) is 78.9 cm³/mol. The number of hydrogen-bond donors (Lipinski definition) is 0. The Hall–Kier alpha value is -2.30. The third-order valence-electron chi connectivity index (χ3n) is 2.49. The Morgan fingerprint density at radius 1 is 0.952 bits per heavy atom. The topological polar surface area (TPSA) is 61.8 Å². The summed E-state index contributed by atoms with van der Waals surface area (Å²) in [5.41, 5.74) is 0.419. The summed E-state index contributed by atoms with van der Waals surface area (Å²) < 4.78 is 15.6. The van der Waals surface area contributed by atoms with Gasteiger partial charge in [-0.25, -0.2) is 4.79 Å². The third kappa shape index (κ3) is 5.30. The van der Waals surface area contributed by atoms with E-state index >= 15 is 0 Å². The lowest BCUT2D eigenvalue weighted by Crippen LogP contribution is -2.03. The average Bonchev–Trinajstić information content (AvgIpc) is 2.47. The zero-order valence-electron chi connectivity index (χ0n) is 12.5. The van der Waals surface area contributed by atoms with Crippen LogP contribution in [0.5, 0.6) is 11.5 Å². The number of benzene rings is 1. The van der Waals surface area contributed by atoms with Crippen molar-refractivity contribution >= 4 is 11.8 Å². The van der Waals surface area contributed by atoms with Gasteiger partial charge in [0.2, 0.25) is 0 Å². The van der Waals surface area contributed by atoms with Crippen LogP contribution in [0.25, 0.3) is 0 Å². The molecule has 1 aromatic carbocycles. The SMILES string of the molecule is CCOC(=O)C=CC(=O)c1ccc(OCC)c(OCC)c1. The predicted octanol–water partition coefficient (Wildman–Crippen LogP) is 2.79. The minimum absolute atomic E-state index is 0.273. The molecule has 0 aliphatic rings. The highest BCUT2D eigenvalue weighted by Crippen LogP contribution is 2.28. The standard InChI is InChI=1S/C16H20O5/c1-4-19-14-9-7-12(11-15(14)20-5-2)13(17)8-10-16(18)21-6-3/h7-11H,4-6H2,1-3H3. The summed E-state index contributed by atoms with van der Waals surface area (Å²) in [5.74, 6) is 0.258. The van der Waals surface area contributed by atoms with E-state index in [0.29, 0.717) is 30.3 Å². The van der Waals surface area contributed by atoms with E-state index in [4.69, 9.17) is 14.2 Å². The van der Waals surface area contributed by atoms with E-state index in [1.165, 1.54) is 6.08 Å². The fourth-order valence-corrected chi connectivity index (χ4v) is 1.63. The monoisotopic (exact) mass is 292 g/mol. The molecule has 0 aromatic heterocycles. The van der Waals surface area contributed by atoms with Crippen molar-refractivity contribution in [1.82, 2.24) is 0 Å². The van der Waals surface area contributed by atoms with Crippen LogP contribution in [-0.2, 0) is 9.53 Å². The molecule has 0 saturated carbocycles. The largest absolute Gasteiger partial charge is 0.490 e. The molecule has 0 radical (unpaired) electrons. The van der Waals surface area contributed by atoms with Gasteiger partial charge in [-0.05, 0) is 45.0 Å². The quantitative estimate of drug-likeness (QED) is 0.419. The molecular formula is C16H20O5. The highest BCUT2D eigenvalue weighted by atomic mass is 16.5. The molecule has 114 valence electrons. The Labute approximate surface area is 124 Å². The van der Waals surface area contributed by atoms with Crippen LogP contribution < -0.4 is 9.47 Å². The summed E-state index contributed by atoms with van der Waals surface area (Å²) in [4.78, 5) is 23.2. The molecule has 5 heteroatoms. The van der Waals surface area contributed by atoms with Crippen molar-refractivity contribution < 1.29 is 23.8 Å². The normalized spacial score (nSPS) is 10.4. The zero-order valence-corrected chi connectivity index (χ0v) is 12.5. The molecule has 0 saturated heterocycles. The first-order chi connectivity index (χ1) is 10.1. The Balaban J connectivity index is 2.89. The molecule has 0 aliphatic carbocycles. The summed E-state index contributed by atoms with van der Waals surface area (Å²) in [6.07, 6.45) is 2.30. The minimum atomic E-state index is -0.540. The Kier molecular flexibility index (Phi) is 7.01. The highest BCUT2D eigenvalue weighted by molar-refractivity contribution is 6.07. The van der Waals surface area contributed by atoms with Gasteiger partial charge in [-0.3, -0.25) is 4.79 Å². The zero-order chi connectivity index (χ0) is 15.7. The van der Waals surface area contributed by atoms with Gasteiger partial charge in [0.15, 0.2) is 17.3 Å². The van der Waals surface area contributed by atoms with Crippen LogP contribution in [0.2, 0.25) is 0 Å². The van der Waals surface area contributed by atoms with Crippen LogP contribution in [0, 0.1) is 0 Å². The van der Waals surface area contributed by atoms with Crippen LogP contribution >= 0.6 is 0 Å². The maximum Gasteiger partial charge on any atom is 0.330 e. The maximum atomic E-state index is 12.0. The smallest absolute Gasteiger partial charge is 0.330 e. The second-order valence-corrected chi connectivity index (χ2v) is 3.98. The van der Waals surface area contributed by atoms with Crippen LogP contribution in [0.4, 0.5) is 0 Å². The number of ether oxygens (including phenoxy) is 3. The summed E-state index contributed by atoms with van der Waals surface area (Å²) >= 11 is 0. The first-order valence-electron chi connectivity index (χ1n) is 6.91. The van der Waals surface area contributed by atoms with Crippen molar-refractivity contribution in [3.05, 3.63) is 35.9 Å². The highest BCUT2D eigenvalue weighted by Gasteiger charge is 2.10. The number of rotatable bonds is 8. The molecular weight excluding hydrogens is 272 g/mol. The van der Waals surface area contributed by atoms with Gasteiger partial charge in [-0.15, -0.1) is 0 Å². The van der Waals surface area contributed by atoms with Gasteiger partial charge in [-0.2, -0.15) is 0 Å². The molecule has 5 nitrogen and oxygen atoms in total. The molecule has 0 atom stereocenters. The average molecular weight is 292 g/mol. The number of carbonyl (C=O) groups is 2. The van der Waals surface area contributed by atoms with E-state index in [-0.39, 0.29) is 12.4 Å². The van der Waals surface area contributed by atoms with E-state index in [9.17, 15) is 9.59 Å². The van der Waals surface area contributed by atoms with Gasteiger partial charge < -0.3 is 14.2 Å². The summed E-state index contributed by atoms with van der Waals surface area (Å²) in [5, 5.41) is 0.